The van der Waals surface area contributed by atoms with Crippen LogP contribution in [0.2, 0.25) is 0 Å². The Kier molecular flexibility index (Phi) is 4.96. The van der Waals surface area contributed by atoms with Gasteiger partial charge in [0.2, 0.25) is 0 Å². The summed E-state index contributed by atoms with van der Waals surface area (Å²) >= 11 is 1.60. The molecular formula is C18H22N2O2S. The van der Waals surface area contributed by atoms with Gasteiger partial charge in [0.05, 0.1) is 17.9 Å². The van der Waals surface area contributed by atoms with Crippen molar-refractivity contribution in [2.45, 2.75) is 39.5 Å². The van der Waals surface area contributed by atoms with Gasteiger partial charge in [-0.2, -0.15) is 0 Å². The number of aryl methyl sites for hydroxylation is 1. The van der Waals surface area contributed by atoms with Gasteiger partial charge in [-0.25, -0.2) is 4.98 Å². The molecule has 1 atom stereocenters. The average molecular weight is 330 g/mol. The molecule has 1 aliphatic rings. The summed E-state index contributed by atoms with van der Waals surface area (Å²) in [6.45, 7) is 4.92. The molecule has 1 amide bonds. The Bertz CT molecular complexity index is 696. The molecule has 1 aromatic carbocycles. The number of fused-ring (bicyclic) bond motifs is 1. The van der Waals surface area contributed by atoms with Crippen LogP contribution in [-0.4, -0.2) is 17.5 Å². The number of nitrogens with zero attached hydrogens (tertiary/aromatic N) is 1. The van der Waals surface area contributed by atoms with Gasteiger partial charge in [-0.1, -0.05) is 26.0 Å². The van der Waals surface area contributed by atoms with Crippen molar-refractivity contribution in [3.63, 3.8) is 0 Å². The van der Waals surface area contributed by atoms with E-state index in [9.17, 15) is 4.79 Å². The van der Waals surface area contributed by atoms with Crippen molar-refractivity contribution in [1.29, 1.82) is 0 Å². The van der Waals surface area contributed by atoms with Crippen LogP contribution in [-0.2, 0) is 12.8 Å². The lowest BCUT2D eigenvalue weighted by molar-refractivity contribution is 0.102. The second-order valence-electron chi connectivity index (χ2n) is 6.04. The van der Waals surface area contributed by atoms with Gasteiger partial charge in [0.15, 0.2) is 5.13 Å². The third-order valence-electron chi connectivity index (χ3n) is 4.00. The number of thiazole rings is 1. The number of aromatic nitrogens is 1. The van der Waals surface area contributed by atoms with Crippen molar-refractivity contribution in [3.05, 3.63) is 40.4 Å². The number of benzene rings is 1. The first kappa shape index (κ1) is 16.0. The maximum absolute atomic E-state index is 12.6. The zero-order chi connectivity index (χ0) is 16.2. The van der Waals surface area contributed by atoms with Crippen LogP contribution in [0.5, 0.6) is 5.75 Å². The Labute approximate surface area is 140 Å². The van der Waals surface area contributed by atoms with E-state index in [0.29, 0.717) is 29.0 Å². The van der Waals surface area contributed by atoms with E-state index in [1.807, 2.05) is 25.1 Å². The molecule has 23 heavy (non-hydrogen) atoms. The standard InChI is InChI=1S/C18H22N2O2S/c1-3-10-22-15-7-5-4-6-13(15)17(21)20-18-19-14-9-8-12(2)11-16(14)23-18/h4-7,12H,3,8-11H2,1-2H3,(H,19,20,21)/t12-/m0/s1. The Morgan fingerprint density at radius 3 is 3.09 bits per heavy atom. The maximum Gasteiger partial charge on any atom is 0.261 e. The summed E-state index contributed by atoms with van der Waals surface area (Å²) in [5.74, 6) is 1.17. The number of carbonyl (C=O) groups excluding carboxylic acids is 1. The lowest BCUT2D eigenvalue weighted by atomic mass is 9.93. The summed E-state index contributed by atoms with van der Waals surface area (Å²) in [6.07, 6.45) is 4.17. The number of hydrogen-bond acceptors (Lipinski definition) is 4. The molecule has 0 saturated heterocycles. The minimum absolute atomic E-state index is 0.157. The number of ether oxygens (including phenoxy) is 1. The van der Waals surface area contributed by atoms with Gasteiger partial charge >= 0.3 is 0 Å². The first-order valence-electron chi connectivity index (χ1n) is 8.19. The van der Waals surface area contributed by atoms with Crippen molar-refractivity contribution in [3.8, 4) is 5.75 Å². The molecule has 3 rings (SSSR count). The molecule has 0 fully saturated rings. The van der Waals surface area contributed by atoms with Crippen LogP contribution in [0.1, 0.15) is 47.6 Å². The molecular weight excluding hydrogens is 308 g/mol. The fourth-order valence-electron chi connectivity index (χ4n) is 2.75. The van der Waals surface area contributed by atoms with Crippen LogP contribution in [0.3, 0.4) is 0 Å². The van der Waals surface area contributed by atoms with E-state index in [0.717, 1.165) is 25.0 Å². The topological polar surface area (TPSA) is 51.2 Å². The van der Waals surface area contributed by atoms with Crippen molar-refractivity contribution < 1.29 is 9.53 Å². The monoisotopic (exact) mass is 330 g/mol. The molecule has 0 unspecified atom stereocenters. The van der Waals surface area contributed by atoms with Crippen molar-refractivity contribution in [1.82, 2.24) is 4.98 Å². The predicted molar refractivity (Wildman–Crippen MR) is 93.5 cm³/mol. The Morgan fingerprint density at radius 1 is 1.43 bits per heavy atom. The van der Waals surface area contributed by atoms with Crippen LogP contribution in [0, 0.1) is 5.92 Å². The van der Waals surface area contributed by atoms with Gasteiger partial charge in [0.1, 0.15) is 5.75 Å². The summed E-state index contributed by atoms with van der Waals surface area (Å²) in [5.41, 5.74) is 1.71. The molecule has 1 aliphatic carbocycles. The number of amides is 1. The number of hydrogen-bond donors (Lipinski definition) is 1. The summed E-state index contributed by atoms with van der Waals surface area (Å²) in [5, 5.41) is 3.63. The highest BCUT2D eigenvalue weighted by atomic mass is 32.1. The van der Waals surface area contributed by atoms with Gasteiger partial charge in [-0.15, -0.1) is 11.3 Å². The molecule has 0 aliphatic heterocycles. The van der Waals surface area contributed by atoms with Crippen LogP contribution in [0.25, 0.3) is 0 Å². The number of para-hydroxylation sites is 1. The molecule has 4 nitrogen and oxygen atoms in total. The first-order chi connectivity index (χ1) is 11.2. The number of nitrogens with one attached hydrogen (secondary N) is 1. The van der Waals surface area contributed by atoms with E-state index in [2.05, 4.69) is 17.2 Å². The van der Waals surface area contributed by atoms with Gasteiger partial charge in [-0.3, -0.25) is 10.1 Å². The van der Waals surface area contributed by atoms with E-state index in [1.165, 1.54) is 11.3 Å². The molecule has 2 aromatic rings. The smallest absolute Gasteiger partial charge is 0.261 e. The van der Waals surface area contributed by atoms with E-state index >= 15 is 0 Å². The van der Waals surface area contributed by atoms with Gasteiger partial charge < -0.3 is 4.74 Å². The highest BCUT2D eigenvalue weighted by Gasteiger charge is 2.21. The molecule has 1 aromatic heterocycles. The molecule has 1 heterocycles. The van der Waals surface area contributed by atoms with E-state index in [-0.39, 0.29) is 5.91 Å². The van der Waals surface area contributed by atoms with E-state index < -0.39 is 0 Å². The van der Waals surface area contributed by atoms with Gasteiger partial charge in [0, 0.05) is 4.88 Å². The van der Waals surface area contributed by atoms with Crippen LogP contribution in [0.4, 0.5) is 5.13 Å². The maximum atomic E-state index is 12.6. The SMILES string of the molecule is CCCOc1ccccc1C(=O)Nc1nc2c(s1)C[C@@H](C)CC2. The lowest BCUT2D eigenvalue weighted by Crippen LogP contribution is -2.14. The molecule has 0 spiro atoms. The molecule has 122 valence electrons. The zero-order valence-electron chi connectivity index (χ0n) is 13.6. The first-order valence-corrected chi connectivity index (χ1v) is 9.00. The van der Waals surface area contributed by atoms with Crippen molar-refractivity contribution in [2.24, 2.45) is 5.92 Å². The molecule has 5 heteroatoms. The Morgan fingerprint density at radius 2 is 2.26 bits per heavy atom. The quantitative estimate of drug-likeness (QED) is 0.889. The third kappa shape index (κ3) is 3.72. The summed E-state index contributed by atoms with van der Waals surface area (Å²) in [4.78, 5) is 18.5. The number of carbonyl (C=O) groups is 1. The summed E-state index contributed by atoms with van der Waals surface area (Å²) in [6, 6.07) is 7.35. The normalized spacial score (nSPS) is 16.7. The molecule has 0 bridgehead atoms. The van der Waals surface area contributed by atoms with Crippen LogP contribution in [0.15, 0.2) is 24.3 Å². The second-order valence-corrected chi connectivity index (χ2v) is 7.12. The minimum Gasteiger partial charge on any atom is -0.493 e. The third-order valence-corrected chi connectivity index (χ3v) is 5.04. The Hall–Kier alpha value is -1.88. The molecule has 1 N–H and O–H groups in total. The van der Waals surface area contributed by atoms with Crippen LogP contribution < -0.4 is 10.1 Å². The zero-order valence-corrected chi connectivity index (χ0v) is 14.4. The number of rotatable bonds is 5. The van der Waals surface area contributed by atoms with E-state index in [4.69, 9.17) is 4.74 Å². The largest absolute Gasteiger partial charge is 0.493 e. The molecule has 0 saturated carbocycles. The van der Waals surface area contributed by atoms with Crippen molar-refractivity contribution in [2.75, 3.05) is 11.9 Å². The fourth-order valence-corrected chi connectivity index (χ4v) is 3.92. The fraction of sp³-hybridized carbons (Fsp3) is 0.444. The molecule has 0 radical (unpaired) electrons. The predicted octanol–water partition coefficient (Wildman–Crippen LogP) is 4.31. The Balaban J connectivity index is 1.75. The summed E-state index contributed by atoms with van der Waals surface area (Å²) in [7, 11) is 0. The lowest BCUT2D eigenvalue weighted by Gasteiger charge is -2.15. The van der Waals surface area contributed by atoms with Crippen molar-refractivity contribution >= 4 is 22.4 Å². The highest BCUT2D eigenvalue weighted by Crippen LogP contribution is 2.32. The van der Waals surface area contributed by atoms with Crippen LogP contribution >= 0.6 is 11.3 Å². The average Bonchev–Trinajstić information content (AvgIpc) is 2.94. The summed E-state index contributed by atoms with van der Waals surface area (Å²) < 4.78 is 5.66. The minimum atomic E-state index is -0.157. The number of anilines is 1. The van der Waals surface area contributed by atoms with Gasteiger partial charge in [0.25, 0.3) is 5.91 Å². The van der Waals surface area contributed by atoms with Gasteiger partial charge in [-0.05, 0) is 43.7 Å². The van der Waals surface area contributed by atoms with E-state index in [1.54, 1.807) is 17.4 Å². The highest BCUT2D eigenvalue weighted by molar-refractivity contribution is 7.15. The second kappa shape index (κ2) is 7.13.